The van der Waals surface area contributed by atoms with Crippen LogP contribution >= 0.6 is 0 Å². The van der Waals surface area contributed by atoms with Gasteiger partial charge >= 0.3 is 0 Å². The van der Waals surface area contributed by atoms with Gasteiger partial charge in [-0.15, -0.1) is 0 Å². The molecule has 4 nitrogen and oxygen atoms in total. The van der Waals surface area contributed by atoms with Crippen molar-refractivity contribution in [1.29, 1.82) is 0 Å². The molecule has 0 unspecified atom stereocenters. The Morgan fingerprint density at radius 2 is 1.82 bits per heavy atom. The average Bonchev–Trinajstić information content (AvgIpc) is 2.80. The lowest BCUT2D eigenvalue weighted by molar-refractivity contribution is 0.0933. The highest BCUT2D eigenvalue weighted by Gasteiger charge is 2.17. The van der Waals surface area contributed by atoms with Crippen LogP contribution in [0.25, 0.3) is 0 Å². The summed E-state index contributed by atoms with van der Waals surface area (Å²) in [4.78, 5) is 12.4. The van der Waals surface area contributed by atoms with E-state index >= 15 is 0 Å². The first kappa shape index (κ1) is 15.1. The summed E-state index contributed by atoms with van der Waals surface area (Å²) in [5.41, 5.74) is 2.96. The van der Waals surface area contributed by atoms with E-state index in [0.29, 0.717) is 6.04 Å². The Hall–Kier alpha value is -1.84. The van der Waals surface area contributed by atoms with Crippen LogP contribution in [0.3, 0.4) is 0 Å². The molecule has 1 amide bonds. The molecular weight excluding hydrogens is 274 g/mol. The van der Waals surface area contributed by atoms with Crippen LogP contribution in [-0.4, -0.2) is 24.2 Å². The summed E-state index contributed by atoms with van der Waals surface area (Å²) >= 11 is 0. The lowest BCUT2D eigenvalue weighted by Crippen LogP contribution is -2.34. The van der Waals surface area contributed by atoms with Crippen molar-refractivity contribution in [1.82, 2.24) is 5.32 Å². The Bertz CT molecular complexity index is 542. The van der Waals surface area contributed by atoms with Crippen LogP contribution in [0.15, 0.2) is 29.4 Å². The fourth-order valence-electron chi connectivity index (χ4n) is 3.24. The standard InChI is InChI=1S/C18H25N3O/c1-14-12-13-21(20-14)17-10-8-15(9-11-17)18(22)19-16-6-4-2-3-5-7-16/h8-11,16H,2-7,12-13H2,1H3,(H,19,22). The van der Waals surface area contributed by atoms with Crippen molar-refractivity contribution in [2.45, 2.75) is 57.9 Å². The van der Waals surface area contributed by atoms with Crippen LogP contribution < -0.4 is 10.3 Å². The molecule has 0 saturated heterocycles. The molecular formula is C18H25N3O. The number of anilines is 1. The maximum Gasteiger partial charge on any atom is 0.251 e. The summed E-state index contributed by atoms with van der Waals surface area (Å²) < 4.78 is 0. The molecule has 0 bridgehead atoms. The Morgan fingerprint density at radius 3 is 2.41 bits per heavy atom. The third kappa shape index (κ3) is 3.67. The molecule has 1 fully saturated rings. The van der Waals surface area contributed by atoms with Gasteiger partial charge in [-0.05, 0) is 44.0 Å². The van der Waals surface area contributed by atoms with Gasteiger partial charge in [0.25, 0.3) is 5.91 Å². The van der Waals surface area contributed by atoms with E-state index in [1.54, 1.807) is 0 Å². The zero-order valence-corrected chi connectivity index (χ0v) is 13.3. The minimum atomic E-state index is 0.0551. The van der Waals surface area contributed by atoms with Crippen molar-refractivity contribution >= 4 is 17.3 Å². The Labute approximate surface area is 132 Å². The first-order chi connectivity index (χ1) is 10.7. The third-order valence-corrected chi connectivity index (χ3v) is 4.59. The molecule has 1 aromatic rings. The van der Waals surface area contributed by atoms with Crippen molar-refractivity contribution in [3.05, 3.63) is 29.8 Å². The molecule has 1 N–H and O–H groups in total. The summed E-state index contributed by atoms with van der Waals surface area (Å²) in [5.74, 6) is 0.0551. The third-order valence-electron chi connectivity index (χ3n) is 4.59. The van der Waals surface area contributed by atoms with Gasteiger partial charge in [0.2, 0.25) is 0 Å². The Morgan fingerprint density at radius 1 is 1.14 bits per heavy atom. The largest absolute Gasteiger partial charge is 0.349 e. The molecule has 118 valence electrons. The van der Waals surface area contributed by atoms with Crippen molar-refractivity contribution in [3.8, 4) is 0 Å². The van der Waals surface area contributed by atoms with Gasteiger partial charge in [0.1, 0.15) is 0 Å². The lowest BCUT2D eigenvalue weighted by atomic mass is 10.1. The van der Waals surface area contributed by atoms with Crippen LogP contribution in [0.1, 0.15) is 62.2 Å². The smallest absolute Gasteiger partial charge is 0.251 e. The molecule has 1 aliphatic carbocycles. The normalized spacial score (nSPS) is 19.7. The van der Waals surface area contributed by atoms with E-state index < -0.39 is 0 Å². The molecule has 3 rings (SSSR count). The predicted octanol–water partition coefficient (Wildman–Crippen LogP) is 3.73. The van der Waals surface area contributed by atoms with Gasteiger partial charge in [0.05, 0.1) is 5.69 Å². The molecule has 0 aromatic heterocycles. The molecule has 1 saturated carbocycles. The zero-order chi connectivity index (χ0) is 15.4. The number of hydrazone groups is 1. The van der Waals surface area contributed by atoms with Crippen molar-refractivity contribution in [2.24, 2.45) is 5.10 Å². The van der Waals surface area contributed by atoms with Crippen LogP contribution in [0.5, 0.6) is 0 Å². The fourth-order valence-corrected chi connectivity index (χ4v) is 3.24. The predicted molar refractivity (Wildman–Crippen MR) is 90.5 cm³/mol. The molecule has 1 aromatic carbocycles. The van der Waals surface area contributed by atoms with E-state index in [1.165, 1.54) is 25.7 Å². The van der Waals surface area contributed by atoms with E-state index in [0.717, 1.165) is 42.8 Å². The lowest BCUT2D eigenvalue weighted by Gasteiger charge is -2.17. The van der Waals surface area contributed by atoms with Gasteiger partial charge in [-0.1, -0.05) is 25.7 Å². The minimum absolute atomic E-state index is 0.0551. The zero-order valence-electron chi connectivity index (χ0n) is 13.3. The summed E-state index contributed by atoms with van der Waals surface area (Å²) in [7, 11) is 0. The van der Waals surface area contributed by atoms with E-state index in [1.807, 2.05) is 29.3 Å². The minimum Gasteiger partial charge on any atom is -0.349 e. The van der Waals surface area contributed by atoms with E-state index in [2.05, 4.69) is 17.3 Å². The summed E-state index contributed by atoms with van der Waals surface area (Å²) in [6, 6.07) is 8.14. The molecule has 22 heavy (non-hydrogen) atoms. The van der Waals surface area contributed by atoms with Crippen LogP contribution in [0, 0.1) is 0 Å². The Balaban J connectivity index is 1.61. The van der Waals surface area contributed by atoms with Gasteiger partial charge in [0, 0.05) is 30.3 Å². The number of hydrogen-bond acceptors (Lipinski definition) is 3. The molecule has 2 aliphatic rings. The van der Waals surface area contributed by atoms with Crippen LogP contribution in [0.4, 0.5) is 5.69 Å². The number of amides is 1. The fraction of sp³-hybridized carbons (Fsp3) is 0.556. The van der Waals surface area contributed by atoms with E-state index in [-0.39, 0.29) is 5.91 Å². The second-order valence-corrected chi connectivity index (χ2v) is 6.42. The molecule has 4 heteroatoms. The highest BCUT2D eigenvalue weighted by atomic mass is 16.1. The second kappa shape index (κ2) is 6.95. The highest BCUT2D eigenvalue weighted by molar-refractivity contribution is 5.94. The molecule has 1 aliphatic heterocycles. The van der Waals surface area contributed by atoms with Crippen LogP contribution in [-0.2, 0) is 0 Å². The van der Waals surface area contributed by atoms with Gasteiger partial charge in [0.15, 0.2) is 0 Å². The van der Waals surface area contributed by atoms with Gasteiger partial charge in [-0.2, -0.15) is 5.10 Å². The monoisotopic (exact) mass is 299 g/mol. The first-order valence-corrected chi connectivity index (χ1v) is 8.45. The van der Waals surface area contributed by atoms with Crippen molar-refractivity contribution in [3.63, 3.8) is 0 Å². The number of carbonyl (C=O) groups is 1. The molecule has 1 heterocycles. The van der Waals surface area contributed by atoms with Gasteiger partial charge in [-0.3, -0.25) is 9.80 Å². The molecule has 0 spiro atoms. The maximum absolute atomic E-state index is 12.4. The summed E-state index contributed by atoms with van der Waals surface area (Å²) in [6.07, 6.45) is 8.32. The molecule has 0 radical (unpaired) electrons. The maximum atomic E-state index is 12.4. The number of hydrogen-bond donors (Lipinski definition) is 1. The highest BCUT2D eigenvalue weighted by Crippen LogP contribution is 2.21. The van der Waals surface area contributed by atoms with E-state index in [4.69, 9.17) is 0 Å². The number of rotatable bonds is 3. The topological polar surface area (TPSA) is 44.7 Å². The summed E-state index contributed by atoms with van der Waals surface area (Å²) in [5, 5.41) is 9.68. The van der Waals surface area contributed by atoms with Crippen LogP contribution in [0.2, 0.25) is 0 Å². The van der Waals surface area contributed by atoms with Crippen molar-refractivity contribution < 1.29 is 4.79 Å². The van der Waals surface area contributed by atoms with Gasteiger partial charge in [-0.25, -0.2) is 0 Å². The SMILES string of the molecule is CC1=NN(c2ccc(C(=O)NC3CCCCCC3)cc2)CC1. The number of carbonyl (C=O) groups excluding carboxylic acids is 1. The number of nitrogens with zero attached hydrogens (tertiary/aromatic N) is 2. The summed E-state index contributed by atoms with van der Waals surface area (Å²) in [6.45, 7) is 2.98. The number of nitrogens with one attached hydrogen (secondary N) is 1. The quantitative estimate of drug-likeness (QED) is 0.864. The number of benzene rings is 1. The second-order valence-electron chi connectivity index (χ2n) is 6.42. The van der Waals surface area contributed by atoms with Gasteiger partial charge < -0.3 is 5.32 Å². The Kier molecular flexibility index (Phi) is 4.76. The average molecular weight is 299 g/mol. The van der Waals surface area contributed by atoms with E-state index in [9.17, 15) is 4.79 Å². The molecule has 0 atom stereocenters. The first-order valence-electron chi connectivity index (χ1n) is 8.45. The van der Waals surface area contributed by atoms with Crippen molar-refractivity contribution in [2.75, 3.05) is 11.6 Å².